The van der Waals surface area contributed by atoms with Crippen LogP contribution in [-0.2, 0) is 10.0 Å². The Balaban J connectivity index is 1.40. The Morgan fingerprint density at radius 1 is 0.789 bits per heavy atom. The van der Waals surface area contributed by atoms with Gasteiger partial charge in [0.15, 0.2) is 23.1 Å². The Morgan fingerprint density at radius 3 is 2.29 bits per heavy atom. The number of benzene rings is 3. The van der Waals surface area contributed by atoms with Crippen molar-refractivity contribution in [1.29, 1.82) is 0 Å². The molecule has 5 rings (SSSR count). The van der Waals surface area contributed by atoms with Crippen LogP contribution < -0.4 is 18.9 Å². The topological polar surface area (TPSA) is 113 Å². The highest BCUT2D eigenvalue weighted by atomic mass is 32.2. The molecule has 0 saturated carbocycles. The number of anilines is 1. The summed E-state index contributed by atoms with van der Waals surface area (Å²) in [5, 5.41) is 0.623. The largest absolute Gasteiger partial charge is 0.493 e. The van der Waals surface area contributed by atoms with Gasteiger partial charge in [0.1, 0.15) is 11.5 Å². The van der Waals surface area contributed by atoms with E-state index in [2.05, 4.69) is 19.7 Å². The van der Waals surface area contributed by atoms with Crippen molar-refractivity contribution < 1.29 is 27.0 Å². The lowest BCUT2D eigenvalue weighted by Gasteiger charge is -2.13. The fraction of sp³-hybridized carbons (Fsp3) is 0.0741. The highest BCUT2D eigenvalue weighted by molar-refractivity contribution is 7.92. The van der Waals surface area contributed by atoms with E-state index in [1.54, 1.807) is 55.0 Å². The number of sulfonamides is 1. The first-order valence-electron chi connectivity index (χ1n) is 11.3. The van der Waals surface area contributed by atoms with Crippen LogP contribution in [0.1, 0.15) is 0 Å². The normalized spacial score (nSPS) is 11.2. The highest BCUT2D eigenvalue weighted by Gasteiger charge is 2.19. The van der Waals surface area contributed by atoms with E-state index in [1.807, 2.05) is 0 Å². The lowest BCUT2D eigenvalue weighted by molar-refractivity contribution is 0.355. The smallest absolute Gasteiger partial charge is 0.262 e. The van der Waals surface area contributed by atoms with E-state index in [-0.39, 0.29) is 16.3 Å². The number of nitrogens with one attached hydrogen (secondary N) is 1. The number of hydrogen-bond acceptors (Lipinski definition) is 8. The van der Waals surface area contributed by atoms with Gasteiger partial charge in [-0.1, -0.05) is 12.1 Å². The minimum atomic E-state index is -4.10. The average Bonchev–Trinajstić information content (AvgIpc) is 2.94. The fourth-order valence-electron chi connectivity index (χ4n) is 3.76. The molecule has 3 aromatic carbocycles. The summed E-state index contributed by atoms with van der Waals surface area (Å²) in [6, 6.07) is 16.6. The Hall–Kier alpha value is -4.77. The maximum Gasteiger partial charge on any atom is 0.262 e. The number of hydrogen-bond donors (Lipinski definition) is 1. The molecule has 0 atom stereocenters. The van der Waals surface area contributed by atoms with Gasteiger partial charge in [0.05, 0.1) is 30.3 Å². The summed E-state index contributed by atoms with van der Waals surface area (Å²) < 4.78 is 59.9. The zero-order valence-corrected chi connectivity index (χ0v) is 21.1. The van der Waals surface area contributed by atoms with Gasteiger partial charge in [-0.15, -0.1) is 0 Å². The quantitative estimate of drug-likeness (QED) is 0.281. The van der Waals surface area contributed by atoms with Gasteiger partial charge in [0, 0.05) is 41.7 Å². The molecule has 192 valence electrons. The van der Waals surface area contributed by atoms with Gasteiger partial charge in [0.25, 0.3) is 10.0 Å². The monoisotopic (exact) mass is 532 g/mol. The molecule has 0 aliphatic carbocycles. The molecule has 0 amide bonds. The predicted octanol–water partition coefficient (Wildman–Crippen LogP) is 5.44. The minimum absolute atomic E-state index is 0.0604. The summed E-state index contributed by atoms with van der Waals surface area (Å²) >= 11 is 0. The molecular formula is C27H21FN4O5S. The van der Waals surface area contributed by atoms with Crippen molar-refractivity contribution in [2.45, 2.75) is 4.90 Å². The molecule has 11 heteroatoms. The lowest BCUT2D eigenvalue weighted by Crippen LogP contribution is -2.14. The van der Waals surface area contributed by atoms with Gasteiger partial charge in [-0.05, 0) is 42.5 Å². The average molecular weight is 533 g/mol. The lowest BCUT2D eigenvalue weighted by atomic mass is 10.2. The molecule has 0 spiro atoms. The summed E-state index contributed by atoms with van der Waals surface area (Å²) in [7, 11) is -1.06. The number of halogens is 1. The molecule has 1 N–H and O–H groups in total. The Bertz CT molecular complexity index is 1730. The number of aromatic nitrogens is 3. The molecule has 2 aromatic heterocycles. The van der Waals surface area contributed by atoms with Crippen LogP contribution >= 0.6 is 0 Å². The third kappa shape index (κ3) is 5.04. The molecule has 2 heterocycles. The van der Waals surface area contributed by atoms with Crippen LogP contribution in [0.2, 0.25) is 0 Å². The third-order valence-corrected chi connectivity index (χ3v) is 6.95. The number of methoxy groups -OCH3 is 2. The second kappa shape index (κ2) is 10.3. The molecule has 0 aliphatic rings. The van der Waals surface area contributed by atoms with Crippen LogP contribution in [0.4, 0.5) is 10.1 Å². The highest BCUT2D eigenvalue weighted by Crippen LogP contribution is 2.37. The van der Waals surface area contributed by atoms with E-state index < -0.39 is 15.8 Å². The number of nitrogens with zero attached hydrogens (tertiary/aromatic N) is 3. The van der Waals surface area contributed by atoms with Crippen molar-refractivity contribution in [1.82, 2.24) is 15.0 Å². The fourth-order valence-corrected chi connectivity index (χ4v) is 4.87. The van der Waals surface area contributed by atoms with Gasteiger partial charge in [-0.2, -0.15) is 0 Å². The van der Waals surface area contributed by atoms with E-state index in [0.29, 0.717) is 39.5 Å². The number of rotatable bonds is 8. The van der Waals surface area contributed by atoms with Crippen molar-refractivity contribution in [2.24, 2.45) is 0 Å². The molecule has 0 bridgehead atoms. The Kier molecular flexibility index (Phi) is 6.75. The SMILES string of the molecule is COc1cc2nccc(Oc3ccc(NS(=O)(=O)c4cccc(-c5ncccn5)c4)c(F)c3)c2cc1OC. The minimum Gasteiger partial charge on any atom is -0.493 e. The van der Waals surface area contributed by atoms with Crippen LogP contribution in [-0.4, -0.2) is 37.6 Å². The predicted molar refractivity (Wildman–Crippen MR) is 140 cm³/mol. The number of ether oxygens (including phenoxy) is 3. The molecule has 9 nitrogen and oxygen atoms in total. The van der Waals surface area contributed by atoms with Crippen LogP contribution in [0.3, 0.4) is 0 Å². The molecular weight excluding hydrogens is 511 g/mol. The summed E-state index contributed by atoms with van der Waals surface area (Å²) in [6.07, 6.45) is 4.67. The van der Waals surface area contributed by atoms with Crippen molar-refractivity contribution >= 4 is 26.6 Å². The zero-order valence-electron chi connectivity index (χ0n) is 20.3. The van der Waals surface area contributed by atoms with Crippen LogP contribution in [0, 0.1) is 5.82 Å². The molecule has 0 radical (unpaired) electrons. The molecule has 5 aromatic rings. The maximum absolute atomic E-state index is 15.0. The molecule has 0 saturated heterocycles. The maximum atomic E-state index is 15.0. The van der Waals surface area contributed by atoms with Crippen LogP contribution in [0.25, 0.3) is 22.3 Å². The zero-order chi connectivity index (χ0) is 26.7. The van der Waals surface area contributed by atoms with Crippen molar-refractivity contribution in [3.05, 3.63) is 91.1 Å². The van der Waals surface area contributed by atoms with E-state index in [0.717, 1.165) is 6.07 Å². The summed E-state index contributed by atoms with van der Waals surface area (Å²) in [5.74, 6) is 1.12. The first-order chi connectivity index (χ1) is 18.4. The third-order valence-electron chi connectivity index (χ3n) is 5.59. The van der Waals surface area contributed by atoms with E-state index >= 15 is 0 Å². The summed E-state index contributed by atoms with van der Waals surface area (Å²) in [5.41, 5.74) is 0.870. The Morgan fingerprint density at radius 2 is 1.55 bits per heavy atom. The van der Waals surface area contributed by atoms with Gasteiger partial charge in [0.2, 0.25) is 0 Å². The van der Waals surface area contributed by atoms with Gasteiger partial charge in [-0.3, -0.25) is 9.71 Å². The summed E-state index contributed by atoms with van der Waals surface area (Å²) in [4.78, 5) is 12.5. The van der Waals surface area contributed by atoms with Gasteiger partial charge in [-0.25, -0.2) is 22.8 Å². The second-order valence-electron chi connectivity index (χ2n) is 7.98. The van der Waals surface area contributed by atoms with Crippen molar-refractivity contribution in [3.63, 3.8) is 0 Å². The van der Waals surface area contributed by atoms with E-state index in [4.69, 9.17) is 14.2 Å². The molecule has 0 fully saturated rings. The Labute approximate surface area is 217 Å². The second-order valence-corrected chi connectivity index (χ2v) is 9.67. The van der Waals surface area contributed by atoms with E-state index in [9.17, 15) is 12.8 Å². The summed E-state index contributed by atoms with van der Waals surface area (Å²) in [6.45, 7) is 0. The molecule has 0 aliphatic heterocycles. The van der Waals surface area contributed by atoms with Crippen LogP contribution in [0.15, 0.2) is 90.2 Å². The van der Waals surface area contributed by atoms with E-state index in [1.165, 1.54) is 38.5 Å². The van der Waals surface area contributed by atoms with Gasteiger partial charge >= 0.3 is 0 Å². The van der Waals surface area contributed by atoms with Crippen LogP contribution in [0.5, 0.6) is 23.0 Å². The molecule has 38 heavy (non-hydrogen) atoms. The van der Waals surface area contributed by atoms with Crippen molar-refractivity contribution in [3.8, 4) is 34.4 Å². The first-order valence-corrected chi connectivity index (χ1v) is 12.7. The number of fused-ring (bicyclic) bond motifs is 1. The van der Waals surface area contributed by atoms with Gasteiger partial charge < -0.3 is 14.2 Å². The standard InChI is InChI=1S/C27H21FN4O5S/c1-35-25-15-20-23(16-26(25)36-2)29-12-9-24(20)37-18-7-8-22(21(28)14-18)32-38(33,34)19-6-3-5-17(13-19)27-30-10-4-11-31-27/h3-16,32H,1-2H3. The van der Waals surface area contributed by atoms with Crippen molar-refractivity contribution in [2.75, 3.05) is 18.9 Å². The number of pyridine rings is 1. The molecule has 0 unspecified atom stereocenters. The first kappa shape index (κ1) is 24.9.